The smallest absolute Gasteiger partial charge is 0.190 e. The number of ether oxygens (including phenoxy) is 1. The Kier molecular flexibility index (Phi) is 5.67. The van der Waals surface area contributed by atoms with Gasteiger partial charge in [-0.2, -0.15) is 0 Å². The van der Waals surface area contributed by atoms with Gasteiger partial charge in [0.05, 0.1) is 0 Å². The number of hydrogen-bond donors (Lipinski definition) is 0. The standard InChI is InChI=1S/C23H32N4OS/c1-26-21(19-8-13-28-14-9-19)24-25-22(26)29-15-5-11-27-12-10-23(17-27)16-20(23)18-6-3-2-4-7-18/h2-4,6-7,19-20H,5,8-17H2,1H3. The first-order chi connectivity index (χ1) is 14.3. The lowest BCUT2D eigenvalue weighted by Gasteiger charge is -2.21. The maximum atomic E-state index is 5.48. The van der Waals surface area contributed by atoms with Crippen LogP contribution in [0.2, 0.25) is 0 Å². The number of hydrogen-bond acceptors (Lipinski definition) is 5. The zero-order valence-electron chi connectivity index (χ0n) is 17.4. The SMILES string of the molecule is Cn1c(SCCCN2CCC3(CC3c3ccccc3)C2)nnc1C1CCOCC1. The highest BCUT2D eigenvalue weighted by Gasteiger charge is 2.57. The molecule has 0 amide bonds. The second kappa shape index (κ2) is 8.40. The predicted octanol–water partition coefficient (Wildman–Crippen LogP) is 4.07. The van der Waals surface area contributed by atoms with Gasteiger partial charge in [0.2, 0.25) is 0 Å². The number of likely N-dealkylation sites (tertiary alicyclic amines) is 1. The number of thioether (sulfide) groups is 1. The molecule has 1 aromatic heterocycles. The number of aromatic nitrogens is 3. The first-order valence-electron chi connectivity index (χ1n) is 11.1. The van der Waals surface area contributed by atoms with E-state index in [9.17, 15) is 0 Å². The summed E-state index contributed by atoms with van der Waals surface area (Å²) in [7, 11) is 2.12. The first-order valence-corrected chi connectivity index (χ1v) is 12.1. The molecule has 2 aromatic rings. The van der Waals surface area contributed by atoms with Gasteiger partial charge in [-0.3, -0.25) is 0 Å². The van der Waals surface area contributed by atoms with Crippen molar-refractivity contribution < 1.29 is 4.74 Å². The lowest BCUT2D eigenvalue weighted by molar-refractivity contribution is 0.0828. The molecule has 1 saturated carbocycles. The van der Waals surface area contributed by atoms with Gasteiger partial charge in [-0.05, 0) is 62.1 Å². The van der Waals surface area contributed by atoms with Crippen molar-refractivity contribution in [2.24, 2.45) is 12.5 Å². The van der Waals surface area contributed by atoms with Crippen LogP contribution in [-0.2, 0) is 11.8 Å². The molecule has 2 atom stereocenters. The second-order valence-corrected chi connectivity index (χ2v) is 10.1. The zero-order chi connectivity index (χ0) is 19.7. The summed E-state index contributed by atoms with van der Waals surface area (Å²) in [6, 6.07) is 11.1. The molecule has 1 aromatic carbocycles. The summed E-state index contributed by atoms with van der Waals surface area (Å²) < 4.78 is 7.69. The summed E-state index contributed by atoms with van der Waals surface area (Å²) in [5.74, 6) is 3.56. The molecule has 1 aliphatic carbocycles. The van der Waals surface area contributed by atoms with Crippen molar-refractivity contribution in [3.05, 3.63) is 41.7 Å². The summed E-state index contributed by atoms with van der Waals surface area (Å²) in [5, 5.41) is 10.0. The van der Waals surface area contributed by atoms with E-state index in [2.05, 4.69) is 57.0 Å². The molecule has 6 heteroatoms. The Hall–Kier alpha value is -1.37. The quantitative estimate of drug-likeness (QED) is 0.507. The highest BCUT2D eigenvalue weighted by atomic mass is 32.2. The van der Waals surface area contributed by atoms with E-state index in [4.69, 9.17) is 4.74 Å². The molecule has 2 unspecified atom stereocenters. The van der Waals surface area contributed by atoms with Crippen LogP contribution in [0.15, 0.2) is 35.5 Å². The van der Waals surface area contributed by atoms with Crippen molar-refractivity contribution in [2.75, 3.05) is 38.6 Å². The predicted molar refractivity (Wildman–Crippen MR) is 116 cm³/mol. The summed E-state index contributed by atoms with van der Waals surface area (Å²) in [4.78, 5) is 2.69. The van der Waals surface area contributed by atoms with E-state index in [1.165, 1.54) is 38.9 Å². The van der Waals surface area contributed by atoms with Crippen LogP contribution in [0.4, 0.5) is 0 Å². The molecule has 2 saturated heterocycles. The Balaban J connectivity index is 1.06. The van der Waals surface area contributed by atoms with E-state index in [0.717, 1.165) is 48.7 Å². The van der Waals surface area contributed by atoms with E-state index in [0.29, 0.717) is 11.3 Å². The minimum atomic E-state index is 0.507. The first kappa shape index (κ1) is 19.6. The number of benzene rings is 1. The molecule has 156 valence electrons. The molecule has 2 aliphatic heterocycles. The van der Waals surface area contributed by atoms with Gasteiger partial charge in [0.25, 0.3) is 0 Å². The fourth-order valence-electron chi connectivity index (χ4n) is 5.35. The van der Waals surface area contributed by atoms with Gasteiger partial charge in [0.1, 0.15) is 5.82 Å². The zero-order valence-corrected chi connectivity index (χ0v) is 18.2. The largest absolute Gasteiger partial charge is 0.381 e. The highest BCUT2D eigenvalue weighted by molar-refractivity contribution is 7.99. The van der Waals surface area contributed by atoms with Gasteiger partial charge < -0.3 is 14.2 Å². The molecule has 3 aliphatic rings. The second-order valence-electron chi connectivity index (χ2n) is 9.04. The summed E-state index contributed by atoms with van der Waals surface area (Å²) in [5.41, 5.74) is 2.13. The molecule has 3 heterocycles. The number of nitrogens with zero attached hydrogens (tertiary/aromatic N) is 4. The monoisotopic (exact) mass is 412 g/mol. The molecule has 1 spiro atoms. The Morgan fingerprint density at radius 1 is 1.17 bits per heavy atom. The minimum absolute atomic E-state index is 0.507. The lowest BCUT2D eigenvalue weighted by atomic mass is 9.98. The third kappa shape index (κ3) is 4.12. The fourth-order valence-corrected chi connectivity index (χ4v) is 6.19. The van der Waals surface area contributed by atoms with E-state index in [1.807, 2.05) is 11.8 Å². The van der Waals surface area contributed by atoms with Gasteiger partial charge in [-0.1, -0.05) is 42.1 Å². The van der Waals surface area contributed by atoms with Crippen LogP contribution in [-0.4, -0.2) is 58.3 Å². The van der Waals surface area contributed by atoms with Gasteiger partial charge >= 0.3 is 0 Å². The van der Waals surface area contributed by atoms with Gasteiger partial charge in [-0.25, -0.2) is 0 Å². The average molecular weight is 413 g/mol. The van der Waals surface area contributed by atoms with Crippen molar-refractivity contribution in [3.63, 3.8) is 0 Å². The summed E-state index contributed by atoms with van der Waals surface area (Å²) in [6.07, 6.45) is 6.11. The third-order valence-corrected chi connectivity index (χ3v) is 8.27. The van der Waals surface area contributed by atoms with Crippen LogP contribution in [0.25, 0.3) is 0 Å². The Labute approximate surface area is 178 Å². The number of rotatable bonds is 7. The Morgan fingerprint density at radius 2 is 2.00 bits per heavy atom. The molecule has 0 N–H and O–H groups in total. The maximum absolute atomic E-state index is 5.48. The molecular formula is C23H32N4OS. The van der Waals surface area contributed by atoms with Crippen LogP contribution in [0, 0.1) is 5.41 Å². The van der Waals surface area contributed by atoms with Crippen LogP contribution in [0.5, 0.6) is 0 Å². The molecule has 0 bridgehead atoms. The molecule has 5 rings (SSSR count). The van der Waals surface area contributed by atoms with Crippen LogP contribution in [0.1, 0.15) is 55.3 Å². The van der Waals surface area contributed by atoms with Gasteiger partial charge in [0, 0.05) is 38.5 Å². The fraction of sp³-hybridized carbons (Fsp3) is 0.652. The summed E-state index contributed by atoms with van der Waals surface area (Å²) in [6.45, 7) is 5.47. The van der Waals surface area contributed by atoms with E-state index in [1.54, 1.807) is 5.56 Å². The lowest BCUT2D eigenvalue weighted by Crippen LogP contribution is -2.23. The molecule has 5 nitrogen and oxygen atoms in total. The van der Waals surface area contributed by atoms with Crippen LogP contribution >= 0.6 is 11.8 Å². The molecular weight excluding hydrogens is 380 g/mol. The van der Waals surface area contributed by atoms with E-state index < -0.39 is 0 Å². The van der Waals surface area contributed by atoms with E-state index >= 15 is 0 Å². The van der Waals surface area contributed by atoms with Gasteiger partial charge in [0.15, 0.2) is 5.16 Å². The Bertz CT molecular complexity index is 820. The van der Waals surface area contributed by atoms with E-state index in [-0.39, 0.29) is 0 Å². The van der Waals surface area contributed by atoms with Crippen molar-refractivity contribution in [1.29, 1.82) is 0 Å². The molecule has 3 fully saturated rings. The third-order valence-electron chi connectivity index (χ3n) is 7.16. The average Bonchev–Trinajstić information content (AvgIpc) is 3.11. The van der Waals surface area contributed by atoms with Crippen molar-refractivity contribution in [1.82, 2.24) is 19.7 Å². The topological polar surface area (TPSA) is 43.2 Å². The van der Waals surface area contributed by atoms with Crippen molar-refractivity contribution in [2.45, 2.75) is 49.1 Å². The van der Waals surface area contributed by atoms with Crippen LogP contribution < -0.4 is 0 Å². The minimum Gasteiger partial charge on any atom is -0.381 e. The maximum Gasteiger partial charge on any atom is 0.190 e. The van der Waals surface area contributed by atoms with Gasteiger partial charge in [-0.15, -0.1) is 10.2 Å². The molecule has 0 radical (unpaired) electrons. The van der Waals surface area contributed by atoms with Crippen LogP contribution in [0.3, 0.4) is 0 Å². The Morgan fingerprint density at radius 3 is 2.83 bits per heavy atom. The van der Waals surface area contributed by atoms with Crippen molar-refractivity contribution in [3.8, 4) is 0 Å². The normalized spacial score (nSPS) is 27.7. The highest BCUT2D eigenvalue weighted by Crippen LogP contribution is 2.64. The summed E-state index contributed by atoms with van der Waals surface area (Å²) >= 11 is 1.86. The van der Waals surface area contributed by atoms with Crippen molar-refractivity contribution >= 4 is 11.8 Å². The molecule has 29 heavy (non-hydrogen) atoms.